The Morgan fingerprint density at radius 1 is 1.26 bits per heavy atom. The molecule has 0 bridgehead atoms. The predicted molar refractivity (Wildman–Crippen MR) is 123 cm³/mol. The molecule has 3 aromatic rings. The van der Waals surface area contributed by atoms with Crippen LogP contribution in [0.5, 0.6) is 11.5 Å². The molecule has 0 saturated heterocycles. The molecule has 0 spiro atoms. The Kier molecular flexibility index (Phi) is 7.97. The van der Waals surface area contributed by atoms with Gasteiger partial charge in [-0.15, -0.1) is 16.8 Å². The van der Waals surface area contributed by atoms with Gasteiger partial charge in [-0.25, -0.2) is 0 Å². The predicted octanol–water partition coefficient (Wildman–Crippen LogP) is 4.74. The first-order valence-electron chi connectivity index (χ1n) is 9.48. The lowest BCUT2D eigenvalue weighted by Crippen LogP contribution is -2.15. The molecule has 0 atom stereocenters. The van der Waals surface area contributed by atoms with Crippen molar-refractivity contribution < 1.29 is 14.3 Å². The number of halogens is 1. The van der Waals surface area contributed by atoms with Gasteiger partial charge < -0.3 is 14.8 Å². The normalized spacial score (nSPS) is 10.5. The first kappa shape index (κ1) is 22.7. The van der Waals surface area contributed by atoms with Crippen LogP contribution in [0.1, 0.15) is 11.4 Å². The molecule has 2 aromatic carbocycles. The van der Waals surface area contributed by atoms with Crippen LogP contribution in [0.25, 0.3) is 0 Å². The molecule has 1 aromatic heterocycles. The minimum absolute atomic E-state index is 0.143. The fourth-order valence-corrected chi connectivity index (χ4v) is 3.66. The lowest BCUT2D eigenvalue weighted by Gasteiger charge is -2.11. The standard InChI is InChI=1S/C22H23ClN4O3S/c1-4-11-27-20(13-30-17-8-5-15(2)6-9-17)25-26-22(27)31-14-21(28)24-18-12-16(23)7-10-19(18)29-3/h4-10,12H,1,11,13-14H2,2-3H3,(H,24,28). The average Bonchev–Trinajstić information content (AvgIpc) is 3.14. The van der Waals surface area contributed by atoms with Gasteiger partial charge in [0, 0.05) is 11.6 Å². The van der Waals surface area contributed by atoms with Gasteiger partial charge in [-0.1, -0.05) is 47.1 Å². The number of ether oxygens (including phenoxy) is 2. The first-order chi connectivity index (χ1) is 15.0. The van der Waals surface area contributed by atoms with Crippen LogP contribution in [0.3, 0.4) is 0 Å². The molecular weight excluding hydrogens is 436 g/mol. The second kappa shape index (κ2) is 10.9. The fraction of sp³-hybridized carbons (Fsp3) is 0.227. The SMILES string of the molecule is C=CCn1c(COc2ccc(C)cc2)nnc1SCC(=O)Nc1cc(Cl)ccc1OC. The van der Waals surface area contributed by atoms with E-state index in [4.69, 9.17) is 21.1 Å². The number of rotatable bonds is 10. The molecule has 7 nitrogen and oxygen atoms in total. The third-order valence-corrected chi connectivity index (χ3v) is 5.46. The van der Waals surface area contributed by atoms with E-state index in [2.05, 4.69) is 22.1 Å². The van der Waals surface area contributed by atoms with Gasteiger partial charge in [0.25, 0.3) is 0 Å². The number of carbonyl (C=O) groups excluding carboxylic acids is 1. The zero-order valence-corrected chi connectivity index (χ0v) is 18.9. The number of aryl methyl sites for hydroxylation is 1. The minimum Gasteiger partial charge on any atom is -0.495 e. The van der Waals surface area contributed by atoms with Gasteiger partial charge in [0.05, 0.1) is 18.6 Å². The number of anilines is 1. The number of nitrogens with zero attached hydrogens (tertiary/aromatic N) is 3. The lowest BCUT2D eigenvalue weighted by molar-refractivity contribution is -0.113. The average molecular weight is 459 g/mol. The largest absolute Gasteiger partial charge is 0.495 e. The summed E-state index contributed by atoms with van der Waals surface area (Å²) in [4.78, 5) is 12.4. The van der Waals surface area contributed by atoms with Gasteiger partial charge in [0.15, 0.2) is 11.0 Å². The maximum Gasteiger partial charge on any atom is 0.234 e. The number of allylic oxidation sites excluding steroid dienone is 1. The Labute approximate surface area is 190 Å². The smallest absolute Gasteiger partial charge is 0.234 e. The molecule has 1 N–H and O–H groups in total. The highest BCUT2D eigenvalue weighted by molar-refractivity contribution is 7.99. The van der Waals surface area contributed by atoms with Crippen molar-refractivity contribution in [3.05, 3.63) is 71.5 Å². The fourth-order valence-electron chi connectivity index (χ4n) is 2.72. The molecule has 1 amide bonds. The summed E-state index contributed by atoms with van der Waals surface area (Å²) < 4.78 is 12.9. The number of amides is 1. The zero-order chi connectivity index (χ0) is 22.2. The van der Waals surface area contributed by atoms with E-state index in [0.717, 1.165) is 11.3 Å². The topological polar surface area (TPSA) is 78.3 Å². The number of thioether (sulfide) groups is 1. The third kappa shape index (κ3) is 6.26. The Morgan fingerprint density at radius 2 is 2.03 bits per heavy atom. The summed E-state index contributed by atoms with van der Waals surface area (Å²) in [5.41, 5.74) is 1.68. The summed E-state index contributed by atoms with van der Waals surface area (Å²) in [6.07, 6.45) is 1.75. The first-order valence-corrected chi connectivity index (χ1v) is 10.8. The van der Waals surface area contributed by atoms with E-state index in [1.807, 2.05) is 35.8 Å². The highest BCUT2D eigenvalue weighted by Gasteiger charge is 2.15. The van der Waals surface area contributed by atoms with Gasteiger partial charge in [-0.05, 0) is 37.3 Å². The number of aromatic nitrogens is 3. The van der Waals surface area contributed by atoms with Crippen molar-refractivity contribution in [1.29, 1.82) is 0 Å². The second-order valence-electron chi connectivity index (χ2n) is 6.58. The molecule has 0 radical (unpaired) electrons. The van der Waals surface area contributed by atoms with Crippen LogP contribution in [0.4, 0.5) is 5.69 Å². The van der Waals surface area contributed by atoms with Crippen molar-refractivity contribution >= 4 is 35.0 Å². The Hall–Kier alpha value is -2.97. The van der Waals surface area contributed by atoms with Gasteiger partial charge in [-0.2, -0.15) is 0 Å². The maximum absolute atomic E-state index is 12.4. The monoisotopic (exact) mass is 458 g/mol. The Balaban J connectivity index is 1.63. The molecule has 1 heterocycles. The quantitative estimate of drug-likeness (QED) is 0.349. The van der Waals surface area contributed by atoms with E-state index in [-0.39, 0.29) is 18.3 Å². The van der Waals surface area contributed by atoms with Crippen LogP contribution in [0.15, 0.2) is 60.3 Å². The van der Waals surface area contributed by atoms with Crippen LogP contribution < -0.4 is 14.8 Å². The molecule has 9 heteroatoms. The van der Waals surface area contributed by atoms with E-state index in [1.165, 1.54) is 18.9 Å². The van der Waals surface area contributed by atoms with Crippen molar-refractivity contribution in [1.82, 2.24) is 14.8 Å². The summed E-state index contributed by atoms with van der Waals surface area (Å²) in [7, 11) is 1.53. The van der Waals surface area contributed by atoms with Gasteiger partial charge in [0.2, 0.25) is 5.91 Å². The third-order valence-electron chi connectivity index (χ3n) is 4.26. The number of nitrogens with one attached hydrogen (secondary N) is 1. The number of hydrogen-bond donors (Lipinski definition) is 1. The van der Waals surface area contributed by atoms with Gasteiger partial charge >= 0.3 is 0 Å². The van der Waals surface area contributed by atoms with Crippen LogP contribution >= 0.6 is 23.4 Å². The molecule has 162 valence electrons. The van der Waals surface area contributed by atoms with Crippen molar-refractivity contribution in [2.24, 2.45) is 0 Å². The number of benzene rings is 2. The number of hydrogen-bond acceptors (Lipinski definition) is 6. The zero-order valence-electron chi connectivity index (χ0n) is 17.3. The molecule has 0 unspecified atom stereocenters. The molecular formula is C22H23ClN4O3S. The molecule has 0 aliphatic rings. The van der Waals surface area contributed by atoms with E-state index >= 15 is 0 Å². The molecule has 31 heavy (non-hydrogen) atoms. The van der Waals surface area contributed by atoms with Crippen molar-refractivity contribution in [3.8, 4) is 11.5 Å². The van der Waals surface area contributed by atoms with Gasteiger partial charge in [0.1, 0.15) is 18.1 Å². The van der Waals surface area contributed by atoms with E-state index in [0.29, 0.717) is 34.0 Å². The van der Waals surface area contributed by atoms with E-state index in [1.54, 1.807) is 24.3 Å². The molecule has 3 rings (SSSR count). The van der Waals surface area contributed by atoms with Crippen molar-refractivity contribution in [3.63, 3.8) is 0 Å². The molecule has 0 aliphatic carbocycles. The van der Waals surface area contributed by atoms with Crippen molar-refractivity contribution in [2.75, 3.05) is 18.2 Å². The minimum atomic E-state index is -0.212. The van der Waals surface area contributed by atoms with Crippen LogP contribution in [-0.2, 0) is 17.9 Å². The summed E-state index contributed by atoms with van der Waals surface area (Å²) in [6.45, 7) is 6.58. The summed E-state index contributed by atoms with van der Waals surface area (Å²) in [6, 6.07) is 12.8. The Morgan fingerprint density at radius 3 is 2.74 bits per heavy atom. The molecule has 0 saturated carbocycles. The summed E-state index contributed by atoms with van der Waals surface area (Å²) >= 11 is 7.29. The lowest BCUT2D eigenvalue weighted by atomic mass is 10.2. The van der Waals surface area contributed by atoms with Crippen molar-refractivity contribution in [2.45, 2.75) is 25.2 Å². The van der Waals surface area contributed by atoms with E-state index < -0.39 is 0 Å². The van der Waals surface area contributed by atoms with Crippen LogP contribution in [-0.4, -0.2) is 33.5 Å². The van der Waals surface area contributed by atoms with Crippen LogP contribution in [0.2, 0.25) is 5.02 Å². The van der Waals surface area contributed by atoms with Crippen LogP contribution in [0, 0.1) is 6.92 Å². The molecule has 0 fully saturated rings. The second-order valence-corrected chi connectivity index (χ2v) is 7.96. The Bertz CT molecular complexity index is 1050. The number of methoxy groups -OCH3 is 1. The number of carbonyl (C=O) groups is 1. The summed E-state index contributed by atoms with van der Waals surface area (Å²) in [5, 5.41) is 12.4. The summed E-state index contributed by atoms with van der Waals surface area (Å²) in [5.74, 6) is 1.87. The van der Waals surface area contributed by atoms with E-state index in [9.17, 15) is 4.79 Å². The van der Waals surface area contributed by atoms with Gasteiger partial charge in [-0.3, -0.25) is 9.36 Å². The highest BCUT2D eigenvalue weighted by atomic mass is 35.5. The highest BCUT2D eigenvalue weighted by Crippen LogP contribution is 2.28. The molecule has 0 aliphatic heterocycles. The maximum atomic E-state index is 12.4.